The third-order valence-corrected chi connectivity index (χ3v) is 6.38. The number of aliphatic hydroxyl groups excluding tert-OH is 1. The van der Waals surface area contributed by atoms with E-state index in [2.05, 4.69) is 0 Å². The highest BCUT2D eigenvalue weighted by Crippen LogP contribution is 2.19. The molecule has 0 radical (unpaired) electrons. The van der Waals surface area contributed by atoms with Crippen LogP contribution in [-0.4, -0.2) is 42.8 Å². The Kier molecular flexibility index (Phi) is 7.30. The van der Waals surface area contributed by atoms with Crippen LogP contribution in [0.2, 0.25) is 0 Å². The molecule has 0 aliphatic carbocycles. The Morgan fingerprint density at radius 2 is 1.63 bits per heavy atom. The van der Waals surface area contributed by atoms with E-state index in [-0.39, 0.29) is 36.1 Å². The minimum Gasteiger partial charge on any atom is -0.393 e. The largest absolute Gasteiger partial charge is 0.393 e. The number of sulfonamides is 1. The van der Waals surface area contributed by atoms with Gasteiger partial charge in [-0.05, 0) is 31.4 Å². The molecule has 0 aromatic heterocycles. The van der Waals surface area contributed by atoms with Gasteiger partial charge in [-0.1, -0.05) is 61.9 Å². The van der Waals surface area contributed by atoms with E-state index in [1.54, 1.807) is 54.6 Å². The molecule has 0 aliphatic heterocycles. The zero-order valence-electron chi connectivity index (χ0n) is 16.0. The van der Waals surface area contributed by atoms with Gasteiger partial charge in [0, 0.05) is 12.1 Å². The second kappa shape index (κ2) is 9.26. The number of carbonyl (C=O) groups is 1. The van der Waals surface area contributed by atoms with Crippen molar-refractivity contribution in [2.24, 2.45) is 5.92 Å². The molecule has 0 fully saturated rings. The zero-order valence-corrected chi connectivity index (χ0v) is 16.8. The Balaban J connectivity index is 2.28. The predicted molar refractivity (Wildman–Crippen MR) is 106 cm³/mol. The van der Waals surface area contributed by atoms with Crippen molar-refractivity contribution in [3.05, 3.63) is 65.7 Å². The normalized spacial score (nSPS) is 13.1. The highest BCUT2D eigenvalue weighted by atomic mass is 32.2. The average molecular weight is 390 g/mol. The van der Waals surface area contributed by atoms with E-state index >= 15 is 0 Å². The molecule has 27 heavy (non-hydrogen) atoms. The van der Waals surface area contributed by atoms with E-state index in [0.717, 1.165) is 5.56 Å². The number of carbonyl (C=O) groups excluding carboxylic acids is 1. The summed E-state index contributed by atoms with van der Waals surface area (Å²) in [6, 6.07) is 15.2. The molecule has 6 heteroatoms. The van der Waals surface area contributed by atoms with Gasteiger partial charge < -0.3 is 5.11 Å². The van der Waals surface area contributed by atoms with Crippen LogP contribution in [0.15, 0.2) is 59.5 Å². The summed E-state index contributed by atoms with van der Waals surface area (Å²) in [6.45, 7) is 5.45. The van der Waals surface area contributed by atoms with E-state index in [0.29, 0.717) is 5.56 Å². The van der Waals surface area contributed by atoms with E-state index in [1.165, 1.54) is 4.31 Å². The maximum absolute atomic E-state index is 13.1. The van der Waals surface area contributed by atoms with Crippen molar-refractivity contribution in [3.63, 3.8) is 0 Å². The number of rotatable bonds is 9. The Hall–Kier alpha value is -2.02. The van der Waals surface area contributed by atoms with Crippen molar-refractivity contribution in [1.82, 2.24) is 4.31 Å². The quantitative estimate of drug-likeness (QED) is 0.668. The summed E-state index contributed by atoms with van der Waals surface area (Å²) in [5.41, 5.74) is 1.42. The molecule has 0 amide bonds. The van der Waals surface area contributed by atoms with Gasteiger partial charge in [0.15, 0.2) is 5.78 Å². The molecular weight excluding hydrogens is 362 g/mol. The monoisotopic (exact) mass is 389 g/mol. The van der Waals surface area contributed by atoms with Gasteiger partial charge in [-0.2, -0.15) is 4.31 Å². The lowest BCUT2D eigenvalue weighted by Gasteiger charge is -2.24. The van der Waals surface area contributed by atoms with E-state index < -0.39 is 16.1 Å². The van der Waals surface area contributed by atoms with Crippen LogP contribution in [0, 0.1) is 12.8 Å². The lowest BCUT2D eigenvalue weighted by atomic mass is 10.0. The molecule has 0 spiro atoms. The standard InChI is InChI=1S/C21H27NO4S/c1-16(2)20(23)13-14-22(15-21(24)18-7-5-4-6-8-18)27(25,26)19-11-9-17(3)10-12-19/h4-12,16,20,23H,13-15H2,1-3H3. The van der Waals surface area contributed by atoms with E-state index in [4.69, 9.17) is 0 Å². The summed E-state index contributed by atoms with van der Waals surface area (Å²) in [5.74, 6) is -0.260. The molecule has 1 N–H and O–H groups in total. The van der Waals surface area contributed by atoms with Crippen molar-refractivity contribution in [2.75, 3.05) is 13.1 Å². The Bertz CT molecular complexity index is 846. The molecular formula is C21H27NO4S. The summed E-state index contributed by atoms with van der Waals surface area (Å²) in [6.07, 6.45) is -0.363. The van der Waals surface area contributed by atoms with Gasteiger partial charge in [-0.3, -0.25) is 4.79 Å². The summed E-state index contributed by atoms with van der Waals surface area (Å²) in [4.78, 5) is 12.7. The molecule has 0 saturated carbocycles. The van der Waals surface area contributed by atoms with E-state index in [9.17, 15) is 18.3 Å². The van der Waals surface area contributed by atoms with Gasteiger partial charge in [-0.15, -0.1) is 0 Å². The average Bonchev–Trinajstić information content (AvgIpc) is 2.65. The second-order valence-electron chi connectivity index (χ2n) is 7.04. The molecule has 0 aliphatic rings. The number of hydrogen-bond acceptors (Lipinski definition) is 4. The fraction of sp³-hybridized carbons (Fsp3) is 0.381. The molecule has 0 heterocycles. The van der Waals surface area contributed by atoms with Crippen molar-refractivity contribution in [3.8, 4) is 0 Å². The van der Waals surface area contributed by atoms with Gasteiger partial charge in [0.1, 0.15) is 0 Å². The maximum atomic E-state index is 13.1. The van der Waals surface area contributed by atoms with Crippen molar-refractivity contribution in [2.45, 2.75) is 38.2 Å². The molecule has 2 rings (SSSR count). The van der Waals surface area contributed by atoms with Gasteiger partial charge >= 0.3 is 0 Å². The molecule has 0 saturated heterocycles. The van der Waals surface area contributed by atoms with Crippen LogP contribution in [0.1, 0.15) is 36.2 Å². The van der Waals surface area contributed by atoms with Crippen molar-refractivity contribution < 1.29 is 18.3 Å². The fourth-order valence-corrected chi connectivity index (χ4v) is 4.04. The highest BCUT2D eigenvalue weighted by Gasteiger charge is 2.27. The van der Waals surface area contributed by atoms with Crippen LogP contribution < -0.4 is 0 Å². The molecule has 1 atom stereocenters. The van der Waals surface area contributed by atoms with Gasteiger partial charge in [0.2, 0.25) is 10.0 Å². The predicted octanol–water partition coefficient (Wildman–Crippen LogP) is 3.28. The van der Waals surface area contributed by atoms with Gasteiger partial charge in [0.05, 0.1) is 17.5 Å². The van der Waals surface area contributed by atoms with Gasteiger partial charge in [-0.25, -0.2) is 8.42 Å². The first-order valence-corrected chi connectivity index (χ1v) is 10.5. The van der Waals surface area contributed by atoms with Crippen LogP contribution >= 0.6 is 0 Å². The van der Waals surface area contributed by atoms with E-state index in [1.807, 2.05) is 20.8 Å². The summed E-state index contributed by atoms with van der Waals surface area (Å²) in [7, 11) is -3.84. The van der Waals surface area contributed by atoms with Gasteiger partial charge in [0.25, 0.3) is 0 Å². The minimum absolute atomic E-state index is 0.0127. The van der Waals surface area contributed by atoms with Crippen molar-refractivity contribution >= 4 is 15.8 Å². The first-order valence-electron chi connectivity index (χ1n) is 9.05. The summed E-state index contributed by atoms with van der Waals surface area (Å²) < 4.78 is 27.3. The number of benzene rings is 2. The molecule has 146 valence electrons. The molecule has 0 bridgehead atoms. The Morgan fingerprint density at radius 3 is 2.19 bits per heavy atom. The SMILES string of the molecule is Cc1ccc(S(=O)(=O)N(CCC(O)C(C)C)CC(=O)c2ccccc2)cc1. The molecule has 1 unspecified atom stereocenters. The Morgan fingerprint density at radius 1 is 1.04 bits per heavy atom. The molecule has 2 aromatic rings. The summed E-state index contributed by atoms with van der Waals surface area (Å²) in [5, 5.41) is 10.1. The molecule has 2 aromatic carbocycles. The van der Waals surface area contributed by atoms with Crippen LogP contribution in [0.3, 0.4) is 0 Å². The lowest BCUT2D eigenvalue weighted by molar-refractivity contribution is 0.0928. The minimum atomic E-state index is -3.84. The van der Waals surface area contributed by atoms with Crippen molar-refractivity contribution in [1.29, 1.82) is 0 Å². The zero-order chi connectivity index (χ0) is 20.0. The topological polar surface area (TPSA) is 74.7 Å². The van der Waals surface area contributed by atoms with Crippen LogP contribution in [0.5, 0.6) is 0 Å². The first-order chi connectivity index (χ1) is 12.7. The number of ketones is 1. The van der Waals surface area contributed by atoms with Crippen LogP contribution in [0.4, 0.5) is 0 Å². The maximum Gasteiger partial charge on any atom is 0.243 e. The first kappa shape index (κ1) is 21.3. The number of hydrogen-bond donors (Lipinski definition) is 1. The summed E-state index contributed by atoms with van der Waals surface area (Å²) >= 11 is 0. The van der Waals surface area contributed by atoms with Crippen LogP contribution in [0.25, 0.3) is 0 Å². The number of aliphatic hydroxyl groups is 1. The van der Waals surface area contributed by atoms with Crippen LogP contribution in [-0.2, 0) is 10.0 Å². The highest BCUT2D eigenvalue weighted by molar-refractivity contribution is 7.89. The third-order valence-electron chi connectivity index (χ3n) is 4.52. The third kappa shape index (κ3) is 5.73. The fourth-order valence-electron chi connectivity index (χ4n) is 2.63. The number of nitrogens with zero attached hydrogens (tertiary/aromatic N) is 1. The second-order valence-corrected chi connectivity index (χ2v) is 8.98. The molecule has 5 nitrogen and oxygen atoms in total. The number of aryl methyl sites for hydroxylation is 1. The smallest absolute Gasteiger partial charge is 0.243 e. The number of Topliss-reactive ketones (excluding diaryl/α,β-unsaturated/α-hetero) is 1. The Labute approximate surface area is 161 Å². The lowest BCUT2D eigenvalue weighted by Crippen LogP contribution is -2.38.